The SMILES string of the molecule is O=C1CC2=C3C(=O)OC(=O)C3C2C(=O)O1. The lowest BCUT2D eigenvalue weighted by molar-refractivity contribution is -0.169. The number of hydrogen-bond donors (Lipinski definition) is 0. The van der Waals surface area contributed by atoms with Gasteiger partial charge in [0.15, 0.2) is 0 Å². The molecule has 2 unspecified atom stereocenters. The molecule has 0 aromatic rings. The Balaban J connectivity index is 2.11. The van der Waals surface area contributed by atoms with Crippen molar-refractivity contribution in [2.24, 2.45) is 11.8 Å². The van der Waals surface area contributed by atoms with Crippen molar-refractivity contribution in [3.63, 3.8) is 0 Å². The highest BCUT2D eigenvalue weighted by molar-refractivity contribution is 6.15. The Morgan fingerprint density at radius 3 is 2.33 bits per heavy atom. The Bertz CT molecular complexity index is 471. The van der Waals surface area contributed by atoms with E-state index in [2.05, 4.69) is 9.47 Å². The summed E-state index contributed by atoms with van der Waals surface area (Å²) in [7, 11) is 0. The fraction of sp³-hybridized carbons (Fsp3) is 0.333. The highest BCUT2D eigenvalue weighted by Crippen LogP contribution is 2.49. The zero-order valence-electron chi connectivity index (χ0n) is 7.31. The normalized spacial score (nSPS) is 33.1. The van der Waals surface area contributed by atoms with Gasteiger partial charge in [0.25, 0.3) is 0 Å². The van der Waals surface area contributed by atoms with Crippen molar-refractivity contribution in [2.45, 2.75) is 6.42 Å². The van der Waals surface area contributed by atoms with Gasteiger partial charge in [0.05, 0.1) is 17.9 Å². The molecule has 0 radical (unpaired) electrons. The van der Waals surface area contributed by atoms with Gasteiger partial charge in [-0.05, 0) is 5.57 Å². The summed E-state index contributed by atoms with van der Waals surface area (Å²) in [5, 5.41) is 0. The lowest BCUT2D eigenvalue weighted by Gasteiger charge is -2.34. The highest BCUT2D eigenvalue weighted by Gasteiger charge is 2.60. The minimum Gasteiger partial charge on any atom is -0.392 e. The number of fused-ring (bicyclic) bond motifs is 3. The summed E-state index contributed by atoms with van der Waals surface area (Å²) >= 11 is 0. The molecule has 3 rings (SSSR count). The second-order valence-corrected chi connectivity index (χ2v) is 3.57. The predicted molar refractivity (Wildman–Crippen MR) is 40.8 cm³/mol. The van der Waals surface area contributed by atoms with Gasteiger partial charge in [-0.2, -0.15) is 0 Å². The molecule has 15 heavy (non-hydrogen) atoms. The fourth-order valence-electron chi connectivity index (χ4n) is 2.21. The molecule has 2 aliphatic heterocycles. The van der Waals surface area contributed by atoms with Crippen molar-refractivity contribution in [3.05, 3.63) is 11.1 Å². The van der Waals surface area contributed by atoms with Crippen molar-refractivity contribution in [1.29, 1.82) is 0 Å². The molecule has 0 aromatic carbocycles. The van der Waals surface area contributed by atoms with Gasteiger partial charge in [0, 0.05) is 0 Å². The van der Waals surface area contributed by atoms with Gasteiger partial charge in [-0.1, -0.05) is 0 Å². The maximum absolute atomic E-state index is 11.3. The van der Waals surface area contributed by atoms with E-state index in [1.807, 2.05) is 0 Å². The minimum absolute atomic E-state index is 0.107. The van der Waals surface area contributed by atoms with E-state index in [0.717, 1.165) is 0 Å². The largest absolute Gasteiger partial charge is 0.392 e. The molecule has 0 aromatic heterocycles. The number of esters is 4. The number of rotatable bonds is 0. The Kier molecular flexibility index (Phi) is 1.30. The Hall–Kier alpha value is -1.98. The van der Waals surface area contributed by atoms with E-state index >= 15 is 0 Å². The molecule has 76 valence electrons. The minimum atomic E-state index is -0.840. The van der Waals surface area contributed by atoms with Crippen LogP contribution in [0.4, 0.5) is 0 Å². The first-order valence-corrected chi connectivity index (χ1v) is 4.33. The Labute approximate surface area is 82.8 Å². The first-order valence-electron chi connectivity index (χ1n) is 4.33. The van der Waals surface area contributed by atoms with Gasteiger partial charge in [0.1, 0.15) is 5.92 Å². The average Bonchev–Trinajstić information content (AvgIpc) is 2.31. The second kappa shape index (κ2) is 2.33. The monoisotopic (exact) mass is 208 g/mol. The van der Waals surface area contributed by atoms with Gasteiger partial charge in [-0.15, -0.1) is 0 Å². The summed E-state index contributed by atoms with van der Waals surface area (Å²) in [6, 6.07) is 0. The molecular weight excluding hydrogens is 204 g/mol. The van der Waals surface area contributed by atoms with E-state index in [1.54, 1.807) is 0 Å². The van der Waals surface area contributed by atoms with Crippen LogP contribution < -0.4 is 0 Å². The molecule has 0 N–H and O–H groups in total. The van der Waals surface area contributed by atoms with Gasteiger partial charge >= 0.3 is 23.9 Å². The number of ether oxygens (including phenoxy) is 2. The maximum Gasteiger partial charge on any atom is 0.342 e. The molecule has 2 fully saturated rings. The summed E-state index contributed by atoms with van der Waals surface area (Å²) in [5.74, 6) is -4.54. The van der Waals surface area contributed by atoms with Crippen LogP contribution in [0.25, 0.3) is 0 Å². The summed E-state index contributed by atoms with van der Waals surface area (Å²) in [5.41, 5.74) is 0.562. The van der Waals surface area contributed by atoms with E-state index < -0.39 is 35.7 Å². The van der Waals surface area contributed by atoms with E-state index in [0.29, 0.717) is 5.57 Å². The van der Waals surface area contributed by atoms with Crippen LogP contribution in [0.1, 0.15) is 6.42 Å². The molecule has 0 saturated carbocycles. The summed E-state index contributed by atoms with van der Waals surface area (Å²) in [6.07, 6.45) is -0.107. The molecule has 0 bridgehead atoms. The molecule has 2 atom stereocenters. The lowest BCUT2D eigenvalue weighted by atomic mass is 9.67. The topological polar surface area (TPSA) is 86.7 Å². The second-order valence-electron chi connectivity index (χ2n) is 3.57. The van der Waals surface area contributed by atoms with Crippen molar-refractivity contribution in [1.82, 2.24) is 0 Å². The zero-order valence-corrected chi connectivity index (χ0v) is 7.31. The molecule has 3 aliphatic rings. The first-order chi connectivity index (χ1) is 7.09. The van der Waals surface area contributed by atoms with Crippen LogP contribution in [0.15, 0.2) is 11.1 Å². The first kappa shape index (κ1) is 8.34. The van der Waals surface area contributed by atoms with Crippen LogP contribution in [-0.2, 0) is 28.7 Å². The van der Waals surface area contributed by atoms with Crippen LogP contribution >= 0.6 is 0 Å². The van der Waals surface area contributed by atoms with Crippen molar-refractivity contribution < 1.29 is 28.7 Å². The lowest BCUT2D eigenvalue weighted by Crippen LogP contribution is -2.44. The smallest absolute Gasteiger partial charge is 0.342 e. The average molecular weight is 208 g/mol. The highest BCUT2D eigenvalue weighted by atomic mass is 16.6. The summed E-state index contributed by atoms with van der Waals surface area (Å²) in [6.45, 7) is 0. The molecule has 2 saturated heterocycles. The van der Waals surface area contributed by atoms with Gasteiger partial charge in [-0.3, -0.25) is 14.4 Å². The van der Waals surface area contributed by atoms with E-state index in [4.69, 9.17) is 0 Å². The molecule has 0 amide bonds. The Morgan fingerprint density at radius 2 is 1.60 bits per heavy atom. The third-order valence-electron chi connectivity index (χ3n) is 2.84. The van der Waals surface area contributed by atoms with E-state index in [-0.39, 0.29) is 12.0 Å². The third-order valence-corrected chi connectivity index (χ3v) is 2.84. The van der Waals surface area contributed by atoms with Crippen molar-refractivity contribution >= 4 is 23.9 Å². The van der Waals surface area contributed by atoms with Gasteiger partial charge in [0.2, 0.25) is 0 Å². The van der Waals surface area contributed by atoms with Crippen LogP contribution in [-0.4, -0.2) is 23.9 Å². The molecule has 0 spiro atoms. The number of hydrogen-bond acceptors (Lipinski definition) is 6. The third kappa shape index (κ3) is 0.835. The number of carbonyl (C=O) groups excluding carboxylic acids is 4. The molecular formula is C9H4O6. The van der Waals surface area contributed by atoms with Crippen LogP contribution in [0, 0.1) is 11.8 Å². The van der Waals surface area contributed by atoms with E-state index in [9.17, 15) is 19.2 Å². The van der Waals surface area contributed by atoms with Crippen molar-refractivity contribution in [3.8, 4) is 0 Å². The molecule has 6 nitrogen and oxygen atoms in total. The standard InChI is InChI=1S/C9H4O6/c10-3-1-2-4(7(11)14-3)6-5(2)8(12)15-9(6)13/h4,6H,1H2. The van der Waals surface area contributed by atoms with Crippen LogP contribution in [0.2, 0.25) is 0 Å². The van der Waals surface area contributed by atoms with Gasteiger partial charge < -0.3 is 9.47 Å². The molecule has 2 heterocycles. The van der Waals surface area contributed by atoms with Crippen LogP contribution in [0.5, 0.6) is 0 Å². The summed E-state index contributed by atoms with van der Waals surface area (Å²) in [4.78, 5) is 44.5. The van der Waals surface area contributed by atoms with Crippen LogP contribution in [0.3, 0.4) is 0 Å². The number of carbonyl (C=O) groups is 4. The fourth-order valence-corrected chi connectivity index (χ4v) is 2.21. The zero-order chi connectivity index (χ0) is 10.7. The summed E-state index contributed by atoms with van der Waals surface area (Å²) < 4.78 is 8.75. The predicted octanol–water partition coefficient (Wildman–Crippen LogP) is -0.914. The molecule has 6 heteroatoms. The van der Waals surface area contributed by atoms with Crippen molar-refractivity contribution in [2.75, 3.05) is 0 Å². The number of cyclic esters (lactones) is 4. The maximum atomic E-state index is 11.3. The molecule has 1 aliphatic carbocycles. The van der Waals surface area contributed by atoms with Gasteiger partial charge in [-0.25, -0.2) is 4.79 Å². The van der Waals surface area contributed by atoms with E-state index in [1.165, 1.54) is 0 Å². The quantitative estimate of drug-likeness (QED) is 0.378. The Morgan fingerprint density at radius 1 is 0.933 bits per heavy atom.